The Kier molecular flexibility index (Phi) is 6.89. The van der Waals surface area contributed by atoms with Crippen LogP contribution in [0.4, 0.5) is 0 Å². The maximum Gasteiger partial charge on any atom is 0.251 e. The number of hydrogen-bond donors (Lipinski definition) is 3. The van der Waals surface area contributed by atoms with Crippen LogP contribution in [0.2, 0.25) is 0 Å². The van der Waals surface area contributed by atoms with Crippen molar-refractivity contribution in [3.63, 3.8) is 0 Å². The van der Waals surface area contributed by atoms with Gasteiger partial charge in [0.05, 0.1) is 6.10 Å². The highest BCUT2D eigenvalue weighted by Gasteiger charge is 2.54. The molecule has 0 unspecified atom stereocenters. The monoisotopic (exact) mass is 441 g/mol. The topological polar surface area (TPSA) is 91.3 Å². The van der Waals surface area contributed by atoms with Crippen LogP contribution in [-0.4, -0.2) is 40.1 Å². The molecule has 4 rings (SSSR count). The number of aromatic nitrogens is 1. The lowest BCUT2D eigenvalue weighted by Gasteiger charge is -2.56. The number of aliphatic hydroxyl groups excluding tert-OH is 1. The smallest absolute Gasteiger partial charge is 0.251 e. The summed E-state index contributed by atoms with van der Waals surface area (Å²) in [6, 6.07) is 3.77. The summed E-state index contributed by atoms with van der Waals surface area (Å²) in [5, 5.41) is 18.0. The first-order valence-corrected chi connectivity index (χ1v) is 12.5. The minimum Gasteiger partial charge on any atom is -0.392 e. The molecule has 176 valence electrons. The van der Waals surface area contributed by atoms with Crippen LogP contribution in [0.25, 0.3) is 0 Å². The lowest BCUT2D eigenvalue weighted by molar-refractivity contribution is -0.142. The number of amides is 2. The summed E-state index contributed by atoms with van der Waals surface area (Å²) in [5.74, 6) is -0.0165. The molecule has 6 nitrogen and oxygen atoms in total. The molecule has 1 aromatic rings. The van der Waals surface area contributed by atoms with Gasteiger partial charge in [0.2, 0.25) is 5.91 Å². The average molecular weight is 442 g/mol. The van der Waals surface area contributed by atoms with Crippen molar-refractivity contribution >= 4 is 11.8 Å². The van der Waals surface area contributed by atoms with E-state index in [4.69, 9.17) is 0 Å². The summed E-state index contributed by atoms with van der Waals surface area (Å²) >= 11 is 0. The maximum absolute atomic E-state index is 12.9. The van der Waals surface area contributed by atoms with Gasteiger partial charge in [-0.1, -0.05) is 33.6 Å². The summed E-state index contributed by atoms with van der Waals surface area (Å²) < 4.78 is 0. The number of aliphatic hydroxyl groups is 1. The summed E-state index contributed by atoms with van der Waals surface area (Å²) in [5.41, 5.74) is 0.661. The van der Waals surface area contributed by atoms with E-state index in [1.165, 1.54) is 12.8 Å². The number of hydrogen-bond acceptors (Lipinski definition) is 4. The fourth-order valence-corrected chi connectivity index (χ4v) is 6.85. The molecule has 3 aliphatic carbocycles. The second-order valence-corrected chi connectivity index (χ2v) is 10.9. The molecule has 1 aromatic heterocycles. The van der Waals surface area contributed by atoms with Crippen molar-refractivity contribution in [1.29, 1.82) is 0 Å². The van der Waals surface area contributed by atoms with Crippen LogP contribution in [0.5, 0.6) is 0 Å². The summed E-state index contributed by atoms with van der Waals surface area (Å²) in [6.07, 6.45) is 11.1. The molecule has 3 saturated carbocycles. The molecule has 0 bridgehead atoms. The van der Waals surface area contributed by atoms with E-state index in [1.807, 2.05) is 6.92 Å². The second-order valence-electron chi connectivity index (χ2n) is 10.9. The third-order valence-electron chi connectivity index (χ3n) is 8.90. The summed E-state index contributed by atoms with van der Waals surface area (Å²) in [4.78, 5) is 29.7. The number of carbonyl (C=O) groups excluding carboxylic acids is 2. The Balaban J connectivity index is 1.44. The van der Waals surface area contributed by atoms with Crippen LogP contribution >= 0.6 is 0 Å². The lowest BCUT2D eigenvalue weighted by Crippen LogP contribution is -2.58. The molecule has 6 heteroatoms. The maximum atomic E-state index is 12.9. The van der Waals surface area contributed by atoms with Crippen molar-refractivity contribution in [2.45, 2.75) is 90.3 Å². The number of nitrogens with one attached hydrogen (secondary N) is 2. The second kappa shape index (κ2) is 9.50. The van der Waals surface area contributed by atoms with E-state index in [0.29, 0.717) is 11.6 Å². The molecule has 3 N–H and O–H groups in total. The predicted octanol–water partition coefficient (Wildman–Crippen LogP) is 3.70. The number of fused-ring (bicyclic) bond motifs is 1. The highest BCUT2D eigenvalue weighted by Crippen LogP contribution is 2.55. The molecule has 1 heterocycles. The first-order valence-electron chi connectivity index (χ1n) is 12.5. The van der Waals surface area contributed by atoms with E-state index in [-0.39, 0.29) is 46.9 Å². The molecule has 32 heavy (non-hydrogen) atoms. The van der Waals surface area contributed by atoms with E-state index in [0.717, 1.165) is 38.5 Å². The van der Waals surface area contributed by atoms with Gasteiger partial charge in [0.25, 0.3) is 5.91 Å². The van der Waals surface area contributed by atoms with Gasteiger partial charge in [0, 0.05) is 36.0 Å². The van der Waals surface area contributed by atoms with E-state index in [1.54, 1.807) is 24.5 Å². The zero-order chi connectivity index (χ0) is 22.9. The van der Waals surface area contributed by atoms with Crippen LogP contribution < -0.4 is 10.6 Å². The van der Waals surface area contributed by atoms with Gasteiger partial charge in [-0.2, -0.15) is 0 Å². The third-order valence-corrected chi connectivity index (χ3v) is 8.90. The molecule has 7 atom stereocenters. The molecule has 0 radical (unpaired) electrons. The molecular weight excluding hydrogens is 402 g/mol. The van der Waals surface area contributed by atoms with E-state index in [9.17, 15) is 14.7 Å². The average Bonchev–Trinajstić information content (AvgIpc) is 3.29. The van der Waals surface area contributed by atoms with E-state index < -0.39 is 6.10 Å². The normalized spacial score (nSPS) is 36.2. The SMILES string of the molecule is C[C@H]1[C@@H]2[C@@H](O)[C@H]([C@H](C)C(=O)NC3CCCC3)CC[C@@]2(C)CC[C@@H]1NC(=O)c1ccncc1. The third kappa shape index (κ3) is 4.57. The molecule has 3 fully saturated rings. The minimum atomic E-state index is -0.534. The summed E-state index contributed by atoms with van der Waals surface area (Å²) in [7, 11) is 0. The molecule has 0 saturated heterocycles. The first-order chi connectivity index (χ1) is 15.3. The van der Waals surface area contributed by atoms with Crippen molar-refractivity contribution in [3.05, 3.63) is 30.1 Å². The van der Waals surface area contributed by atoms with Gasteiger partial charge in [-0.25, -0.2) is 0 Å². The van der Waals surface area contributed by atoms with Crippen molar-refractivity contribution in [2.75, 3.05) is 0 Å². The lowest BCUT2D eigenvalue weighted by atomic mass is 9.51. The van der Waals surface area contributed by atoms with Crippen LogP contribution in [0.3, 0.4) is 0 Å². The molecular formula is C26H39N3O3. The van der Waals surface area contributed by atoms with Gasteiger partial charge in [-0.3, -0.25) is 14.6 Å². The Morgan fingerprint density at radius 3 is 2.44 bits per heavy atom. The van der Waals surface area contributed by atoms with Crippen molar-refractivity contribution in [3.8, 4) is 0 Å². The number of carbonyl (C=O) groups is 2. The highest BCUT2D eigenvalue weighted by molar-refractivity contribution is 5.94. The fourth-order valence-electron chi connectivity index (χ4n) is 6.85. The van der Waals surface area contributed by atoms with Crippen molar-refractivity contribution in [1.82, 2.24) is 15.6 Å². The molecule has 0 aliphatic heterocycles. The van der Waals surface area contributed by atoms with Gasteiger partial charge in [0.1, 0.15) is 0 Å². The Labute approximate surface area is 192 Å². The van der Waals surface area contributed by atoms with E-state index >= 15 is 0 Å². The van der Waals surface area contributed by atoms with Gasteiger partial charge in [-0.05, 0) is 73.8 Å². The van der Waals surface area contributed by atoms with Gasteiger partial charge < -0.3 is 15.7 Å². The minimum absolute atomic E-state index is 0.0183. The largest absolute Gasteiger partial charge is 0.392 e. The zero-order valence-corrected chi connectivity index (χ0v) is 19.7. The molecule has 2 amide bonds. The highest BCUT2D eigenvalue weighted by atomic mass is 16.3. The number of rotatable bonds is 5. The first kappa shape index (κ1) is 23.2. The van der Waals surface area contributed by atoms with Crippen LogP contribution in [-0.2, 0) is 4.79 Å². The number of pyridine rings is 1. The van der Waals surface area contributed by atoms with Gasteiger partial charge in [-0.15, -0.1) is 0 Å². The quantitative estimate of drug-likeness (QED) is 0.650. The van der Waals surface area contributed by atoms with Gasteiger partial charge >= 0.3 is 0 Å². The fraction of sp³-hybridized carbons (Fsp3) is 0.731. The van der Waals surface area contributed by atoms with Gasteiger partial charge in [0.15, 0.2) is 0 Å². The molecule has 0 aromatic carbocycles. The Hall–Kier alpha value is -1.95. The van der Waals surface area contributed by atoms with Crippen LogP contribution in [0.15, 0.2) is 24.5 Å². The standard InChI is InChI=1S/C26H39N3O3/c1-16(24(31)28-19-6-4-5-7-19)20-8-12-26(3)13-9-21(17(2)22(26)23(20)30)29-25(32)18-10-14-27-15-11-18/h10-11,14-17,19-23,30H,4-9,12-13H2,1-3H3,(H,28,31)(H,29,32)/t16-,17+,20-,21-,22+,23-,26-/m0/s1. The zero-order valence-electron chi connectivity index (χ0n) is 19.7. The Morgan fingerprint density at radius 2 is 1.75 bits per heavy atom. The molecule has 0 spiro atoms. The van der Waals surface area contributed by atoms with Crippen LogP contribution in [0.1, 0.15) is 82.5 Å². The van der Waals surface area contributed by atoms with Crippen LogP contribution in [0, 0.1) is 29.1 Å². The Morgan fingerprint density at radius 1 is 1.09 bits per heavy atom. The summed E-state index contributed by atoms with van der Waals surface area (Å²) in [6.45, 7) is 6.43. The van der Waals surface area contributed by atoms with Crippen molar-refractivity contribution < 1.29 is 14.7 Å². The Bertz CT molecular complexity index is 810. The molecule has 3 aliphatic rings. The predicted molar refractivity (Wildman–Crippen MR) is 124 cm³/mol. The van der Waals surface area contributed by atoms with Crippen molar-refractivity contribution in [2.24, 2.45) is 29.1 Å². The number of nitrogens with zero attached hydrogens (tertiary/aromatic N) is 1. The van der Waals surface area contributed by atoms with E-state index in [2.05, 4.69) is 29.5 Å².